The molecule has 1 saturated heterocycles. The lowest BCUT2D eigenvalue weighted by Gasteiger charge is -2.11. The van der Waals surface area contributed by atoms with Crippen molar-refractivity contribution in [2.45, 2.75) is 6.92 Å². The van der Waals surface area contributed by atoms with Crippen molar-refractivity contribution in [3.8, 4) is 5.75 Å². The lowest BCUT2D eigenvalue weighted by Crippen LogP contribution is -2.29. The minimum Gasteiger partial charge on any atom is -0.494 e. The molecule has 1 aliphatic rings. The van der Waals surface area contributed by atoms with Crippen molar-refractivity contribution in [1.29, 1.82) is 0 Å². The van der Waals surface area contributed by atoms with Gasteiger partial charge in [0.2, 0.25) is 0 Å². The molecule has 87 valence electrons. The zero-order valence-corrected chi connectivity index (χ0v) is 9.04. The zero-order chi connectivity index (χ0) is 12.4. The summed E-state index contributed by atoms with van der Waals surface area (Å²) < 4.78 is 5.22. The lowest BCUT2D eigenvalue weighted by molar-refractivity contribution is -0.135. The van der Waals surface area contributed by atoms with Gasteiger partial charge in [-0.25, -0.2) is 9.69 Å². The Balaban J connectivity index is 2.25. The minimum absolute atomic E-state index is 0.304. The second kappa shape index (κ2) is 4.25. The van der Waals surface area contributed by atoms with Gasteiger partial charge >= 0.3 is 17.8 Å². The van der Waals surface area contributed by atoms with Crippen LogP contribution in [0.15, 0.2) is 24.3 Å². The number of hydrogen-bond acceptors (Lipinski definition) is 4. The highest BCUT2D eigenvalue weighted by molar-refractivity contribution is 6.52. The van der Waals surface area contributed by atoms with Gasteiger partial charge in [-0.05, 0) is 31.2 Å². The second-order valence-electron chi connectivity index (χ2n) is 3.27. The van der Waals surface area contributed by atoms with Crippen molar-refractivity contribution in [3.63, 3.8) is 0 Å². The Labute approximate surface area is 97.2 Å². The number of hydrogen-bond donors (Lipinski definition) is 0. The van der Waals surface area contributed by atoms with Crippen LogP contribution < -0.4 is 15.0 Å². The molecule has 0 aliphatic carbocycles. The van der Waals surface area contributed by atoms with E-state index < -0.39 is 17.8 Å². The van der Waals surface area contributed by atoms with E-state index in [1.54, 1.807) is 12.1 Å². The van der Waals surface area contributed by atoms with Gasteiger partial charge in [0.15, 0.2) is 0 Å². The zero-order valence-electron chi connectivity index (χ0n) is 9.04. The summed E-state index contributed by atoms with van der Waals surface area (Å²) in [6.07, 6.45) is 0. The predicted octanol–water partition coefficient (Wildman–Crippen LogP) is 0.683. The molecule has 0 aromatic heterocycles. The first-order valence-electron chi connectivity index (χ1n) is 5.00. The van der Waals surface area contributed by atoms with Crippen molar-refractivity contribution in [2.75, 3.05) is 11.5 Å². The van der Waals surface area contributed by atoms with Gasteiger partial charge in [-0.15, -0.1) is 5.32 Å². The molecule has 1 aromatic rings. The molecule has 1 aliphatic heterocycles. The minimum atomic E-state index is -1.04. The Morgan fingerprint density at radius 2 is 1.82 bits per heavy atom. The van der Waals surface area contributed by atoms with Crippen LogP contribution in [0.5, 0.6) is 5.75 Å². The first-order chi connectivity index (χ1) is 8.13. The molecule has 1 radical (unpaired) electrons. The van der Waals surface area contributed by atoms with Gasteiger partial charge in [0.25, 0.3) is 0 Å². The summed E-state index contributed by atoms with van der Waals surface area (Å²) in [5.74, 6) is -1.35. The molecule has 0 atom stereocenters. The molecule has 6 nitrogen and oxygen atoms in total. The molecule has 17 heavy (non-hydrogen) atoms. The number of ether oxygens (including phenoxy) is 1. The number of carbonyl (C=O) groups excluding carboxylic acids is 3. The van der Waals surface area contributed by atoms with Crippen LogP contribution in [0, 0.1) is 0 Å². The van der Waals surface area contributed by atoms with Crippen molar-refractivity contribution >= 4 is 23.5 Å². The summed E-state index contributed by atoms with van der Waals surface area (Å²) in [7, 11) is 0. The second-order valence-corrected chi connectivity index (χ2v) is 3.27. The van der Waals surface area contributed by atoms with Crippen molar-refractivity contribution in [3.05, 3.63) is 24.3 Å². The van der Waals surface area contributed by atoms with Gasteiger partial charge in [0, 0.05) is 0 Å². The number of carbonyl (C=O) groups is 3. The van der Waals surface area contributed by atoms with Gasteiger partial charge in [-0.1, -0.05) is 0 Å². The van der Waals surface area contributed by atoms with Gasteiger partial charge in [0.1, 0.15) is 5.75 Å². The third-order valence-electron chi connectivity index (χ3n) is 2.18. The fraction of sp³-hybridized carbons (Fsp3) is 0.182. The van der Waals surface area contributed by atoms with Gasteiger partial charge in [-0.3, -0.25) is 9.59 Å². The van der Waals surface area contributed by atoms with Crippen LogP contribution >= 0.6 is 0 Å². The van der Waals surface area contributed by atoms with Crippen LogP contribution in [0.2, 0.25) is 0 Å². The number of anilines is 1. The van der Waals surface area contributed by atoms with E-state index in [4.69, 9.17) is 4.74 Å². The summed E-state index contributed by atoms with van der Waals surface area (Å²) in [4.78, 5) is 34.3. The maximum Gasteiger partial charge on any atom is 0.358 e. The topological polar surface area (TPSA) is 77.8 Å². The van der Waals surface area contributed by atoms with E-state index in [0.717, 1.165) is 4.90 Å². The number of rotatable bonds is 3. The van der Waals surface area contributed by atoms with E-state index in [1.807, 2.05) is 6.92 Å². The summed E-state index contributed by atoms with van der Waals surface area (Å²) in [5.41, 5.74) is 0.304. The van der Waals surface area contributed by atoms with Crippen LogP contribution in [-0.4, -0.2) is 24.5 Å². The Hall–Kier alpha value is -2.37. The summed E-state index contributed by atoms with van der Waals surface area (Å²) >= 11 is 0. The molecule has 0 bridgehead atoms. The molecule has 4 amide bonds. The smallest absolute Gasteiger partial charge is 0.358 e. The quantitative estimate of drug-likeness (QED) is 0.568. The number of amides is 4. The maximum absolute atomic E-state index is 11.4. The molecule has 2 rings (SSSR count). The Morgan fingerprint density at radius 3 is 2.29 bits per heavy atom. The molecular weight excluding hydrogens is 224 g/mol. The largest absolute Gasteiger partial charge is 0.494 e. The van der Waals surface area contributed by atoms with E-state index >= 15 is 0 Å². The molecule has 1 aromatic carbocycles. The standard InChI is InChI=1S/C11H9N2O4/c1-2-17-8-5-3-7(4-6-8)13-10(15)9(14)12-11(13)16/h3-6H,2H2,1H3. The average Bonchev–Trinajstić information content (AvgIpc) is 2.55. The average molecular weight is 233 g/mol. The van der Waals surface area contributed by atoms with Crippen LogP contribution in [0.25, 0.3) is 0 Å². The van der Waals surface area contributed by atoms with Gasteiger partial charge in [0.05, 0.1) is 12.3 Å². The van der Waals surface area contributed by atoms with Crippen molar-refractivity contribution < 1.29 is 19.1 Å². The maximum atomic E-state index is 11.4. The first-order valence-corrected chi connectivity index (χ1v) is 5.00. The Kier molecular flexibility index (Phi) is 2.78. The highest BCUT2D eigenvalue weighted by Gasteiger charge is 2.39. The predicted molar refractivity (Wildman–Crippen MR) is 57.6 cm³/mol. The molecule has 0 saturated carbocycles. The molecule has 1 fully saturated rings. The van der Waals surface area contributed by atoms with Crippen LogP contribution in [-0.2, 0) is 9.59 Å². The van der Waals surface area contributed by atoms with Crippen molar-refractivity contribution in [2.24, 2.45) is 0 Å². The third-order valence-corrected chi connectivity index (χ3v) is 2.18. The van der Waals surface area contributed by atoms with Crippen LogP contribution in [0.1, 0.15) is 6.92 Å². The molecular formula is C11H9N2O4. The van der Waals surface area contributed by atoms with Crippen LogP contribution in [0.3, 0.4) is 0 Å². The van der Waals surface area contributed by atoms with Crippen molar-refractivity contribution in [1.82, 2.24) is 5.32 Å². The number of urea groups is 1. The molecule has 0 N–H and O–H groups in total. The lowest BCUT2D eigenvalue weighted by atomic mass is 10.3. The Morgan fingerprint density at radius 1 is 1.18 bits per heavy atom. The van der Waals surface area contributed by atoms with Crippen LogP contribution in [0.4, 0.5) is 10.5 Å². The highest BCUT2D eigenvalue weighted by Crippen LogP contribution is 2.21. The Bertz CT molecular complexity index is 481. The third kappa shape index (κ3) is 1.96. The molecule has 0 unspecified atom stereocenters. The summed E-state index contributed by atoms with van der Waals surface area (Å²) in [6.45, 7) is 2.37. The monoisotopic (exact) mass is 233 g/mol. The summed E-state index contributed by atoms with van der Waals surface area (Å²) in [6, 6.07) is 5.41. The molecule has 0 spiro atoms. The van der Waals surface area contributed by atoms with Gasteiger partial charge in [-0.2, -0.15) is 0 Å². The van der Waals surface area contributed by atoms with E-state index in [-0.39, 0.29) is 0 Å². The van der Waals surface area contributed by atoms with E-state index in [9.17, 15) is 14.4 Å². The number of benzene rings is 1. The summed E-state index contributed by atoms with van der Waals surface area (Å²) in [5, 5.41) is 3.05. The normalized spacial score (nSPS) is 15.1. The van der Waals surface area contributed by atoms with Gasteiger partial charge < -0.3 is 4.74 Å². The SMILES string of the molecule is CCOc1ccc(N2C(=O)[N]C(=O)C2=O)cc1. The number of nitrogens with zero attached hydrogens (tertiary/aromatic N) is 2. The van der Waals surface area contributed by atoms with E-state index in [2.05, 4.69) is 5.32 Å². The highest BCUT2D eigenvalue weighted by atomic mass is 16.5. The first kappa shape index (κ1) is 11.1. The molecule has 1 heterocycles. The number of imide groups is 2. The molecule has 6 heteroatoms. The fourth-order valence-electron chi connectivity index (χ4n) is 1.45. The van der Waals surface area contributed by atoms with E-state index in [1.165, 1.54) is 12.1 Å². The van der Waals surface area contributed by atoms with E-state index in [0.29, 0.717) is 18.0 Å². The fourth-order valence-corrected chi connectivity index (χ4v) is 1.45.